The second-order valence-electron chi connectivity index (χ2n) is 2.37. The van der Waals surface area contributed by atoms with Crippen molar-refractivity contribution in [1.82, 2.24) is 0 Å². The van der Waals surface area contributed by atoms with Crippen LogP contribution in [-0.4, -0.2) is 32.1 Å². The van der Waals surface area contributed by atoms with E-state index in [1.807, 2.05) is 6.92 Å². The molecule has 0 amide bonds. The largest absolute Gasteiger partial charge is 0.457 e. The Hall–Kier alpha value is -0.610. The van der Waals surface area contributed by atoms with Crippen LogP contribution in [0.2, 0.25) is 0 Å². The molecule has 0 bridgehead atoms. The second-order valence-corrected chi connectivity index (χ2v) is 2.37. The van der Waals surface area contributed by atoms with E-state index in [9.17, 15) is 4.79 Å². The number of rotatable bonds is 5. The molecule has 0 aromatic rings. The summed E-state index contributed by atoms with van der Waals surface area (Å²) < 4.78 is 15.0. The highest BCUT2D eigenvalue weighted by atomic mass is 16.7. The van der Waals surface area contributed by atoms with Crippen LogP contribution in [0, 0.1) is 0 Å². The summed E-state index contributed by atoms with van der Waals surface area (Å²) in [6.45, 7) is 5.47. The van der Waals surface area contributed by atoms with E-state index >= 15 is 0 Å². The maximum Gasteiger partial charge on any atom is 0.303 e. The Labute approximate surface area is 72.8 Å². The Morgan fingerprint density at radius 1 is 1.50 bits per heavy atom. The summed E-state index contributed by atoms with van der Waals surface area (Å²) >= 11 is 0. The molecule has 4 nitrogen and oxygen atoms in total. The van der Waals surface area contributed by atoms with Crippen molar-refractivity contribution in [2.24, 2.45) is 0 Å². The molecule has 0 spiro atoms. The number of carbonyl (C=O) groups is 1. The molecule has 0 fully saturated rings. The van der Waals surface area contributed by atoms with Crippen molar-refractivity contribution in [1.29, 1.82) is 0 Å². The fourth-order valence-electron chi connectivity index (χ4n) is 0.877. The summed E-state index contributed by atoms with van der Waals surface area (Å²) in [4.78, 5) is 10.5. The van der Waals surface area contributed by atoms with E-state index in [0.29, 0.717) is 6.61 Å². The van der Waals surface area contributed by atoms with Crippen LogP contribution in [-0.2, 0) is 19.0 Å². The van der Waals surface area contributed by atoms with Gasteiger partial charge in [-0.1, -0.05) is 0 Å². The SMILES string of the molecule is CCOC(OC)C(C)OC(C)=O. The Balaban J connectivity index is 3.84. The van der Waals surface area contributed by atoms with Crippen LogP contribution in [0.5, 0.6) is 0 Å². The Bertz CT molecular complexity index is 135. The minimum atomic E-state index is -0.473. The predicted molar refractivity (Wildman–Crippen MR) is 43.7 cm³/mol. The van der Waals surface area contributed by atoms with E-state index in [1.165, 1.54) is 14.0 Å². The number of carbonyl (C=O) groups excluding carboxylic acids is 1. The van der Waals surface area contributed by atoms with Crippen molar-refractivity contribution in [3.8, 4) is 0 Å². The van der Waals surface area contributed by atoms with Gasteiger partial charge in [0.05, 0.1) is 0 Å². The first kappa shape index (κ1) is 11.4. The third-order valence-electron chi connectivity index (χ3n) is 1.30. The van der Waals surface area contributed by atoms with Crippen molar-refractivity contribution >= 4 is 5.97 Å². The standard InChI is InChI=1S/C8H16O4/c1-5-11-8(10-4)6(2)12-7(3)9/h6,8H,5H2,1-4H3. The first-order valence-electron chi connectivity index (χ1n) is 3.93. The quantitative estimate of drug-likeness (QED) is 0.462. The number of methoxy groups -OCH3 is 1. The van der Waals surface area contributed by atoms with Crippen molar-refractivity contribution in [3.05, 3.63) is 0 Å². The second kappa shape index (κ2) is 5.97. The lowest BCUT2D eigenvalue weighted by molar-refractivity contribution is -0.193. The summed E-state index contributed by atoms with van der Waals surface area (Å²) in [6.07, 6.45) is -0.841. The van der Waals surface area contributed by atoms with E-state index in [1.54, 1.807) is 6.92 Å². The van der Waals surface area contributed by atoms with Crippen molar-refractivity contribution < 1.29 is 19.0 Å². The van der Waals surface area contributed by atoms with E-state index in [2.05, 4.69) is 0 Å². The number of esters is 1. The van der Waals surface area contributed by atoms with Gasteiger partial charge < -0.3 is 14.2 Å². The normalized spacial score (nSPS) is 15.3. The lowest BCUT2D eigenvalue weighted by Crippen LogP contribution is -2.32. The zero-order valence-corrected chi connectivity index (χ0v) is 7.99. The molecule has 0 saturated heterocycles. The van der Waals surface area contributed by atoms with Crippen molar-refractivity contribution in [3.63, 3.8) is 0 Å². The highest BCUT2D eigenvalue weighted by Gasteiger charge is 2.18. The van der Waals surface area contributed by atoms with Crippen LogP contribution in [0.4, 0.5) is 0 Å². The molecule has 72 valence electrons. The molecule has 0 aliphatic carbocycles. The van der Waals surface area contributed by atoms with Crippen LogP contribution in [0.25, 0.3) is 0 Å². The molecular formula is C8H16O4. The van der Waals surface area contributed by atoms with Gasteiger partial charge in [0.2, 0.25) is 0 Å². The van der Waals surface area contributed by atoms with Crippen LogP contribution in [0.1, 0.15) is 20.8 Å². The fourth-order valence-corrected chi connectivity index (χ4v) is 0.877. The van der Waals surface area contributed by atoms with E-state index in [-0.39, 0.29) is 12.1 Å². The Morgan fingerprint density at radius 3 is 2.42 bits per heavy atom. The van der Waals surface area contributed by atoms with Gasteiger partial charge in [0.1, 0.15) is 6.10 Å². The maximum absolute atomic E-state index is 10.5. The summed E-state index contributed by atoms with van der Waals surface area (Å²) in [5, 5.41) is 0. The van der Waals surface area contributed by atoms with Crippen LogP contribution in [0.3, 0.4) is 0 Å². The zero-order chi connectivity index (χ0) is 9.56. The molecule has 0 radical (unpaired) electrons. The fraction of sp³-hybridized carbons (Fsp3) is 0.875. The molecule has 0 aromatic heterocycles. The topological polar surface area (TPSA) is 44.8 Å². The average Bonchev–Trinajstić information content (AvgIpc) is 1.98. The Kier molecular flexibility index (Phi) is 5.66. The first-order chi connectivity index (χ1) is 5.61. The molecule has 2 unspecified atom stereocenters. The highest BCUT2D eigenvalue weighted by Crippen LogP contribution is 2.04. The monoisotopic (exact) mass is 176 g/mol. The summed E-state index contributed by atoms with van der Waals surface area (Å²) in [5.74, 6) is -0.329. The molecule has 2 atom stereocenters. The Morgan fingerprint density at radius 2 is 2.08 bits per heavy atom. The number of hydrogen-bond donors (Lipinski definition) is 0. The summed E-state index contributed by atoms with van der Waals surface area (Å²) in [5.41, 5.74) is 0. The maximum atomic E-state index is 10.5. The molecule has 0 aromatic carbocycles. The van der Waals surface area contributed by atoms with Crippen LogP contribution >= 0.6 is 0 Å². The molecule has 0 aliphatic heterocycles. The van der Waals surface area contributed by atoms with Gasteiger partial charge in [-0.25, -0.2) is 0 Å². The lowest BCUT2D eigenvalue weighted by atomic mass is 10.4. The third-order valence-corrected chi connectivity index (χ3v) is 1.30. The molecule has 12 heavy (non-hydrogen) atoms. The van der Waals surface area contributed by atoms with E-state index < -0.39 is 6.29 Å². The van der Waals surface area contributed by atoms with Gasteiger partial charge in [-0.2, -0.15) is 0 Å². The molecule has 0 saturated carbocycles. The van der Waals surface area contributed by atoms with Crippen LogP contribution in [0.15, 0.2) is 0 Å². The summed E-state index contributed by atoms with van der Waals surface area (Å²) in [7, 11) is 1.51. The molecule has 0 aliphatic rings. The molecule has 4 heteroatoms. The average molecular weight is 176 g/mol. The minimum absolute atomic E-state index is 0.329. The van der Waals surface area contributed by atoms with Crippen LogP contribution < -0.4 is 0 Å². The van der Waals surface area contributed by atoms with Gasteiger partial charge in [-0.05, 0) is 13.8 Å². The number of ether oxygens (including phenoxy) is 3. The zero-order valence-electron chi connectivity index (χ0n) is 7.99. The molecule has 0 heterocycles. The third kappa shape index (κ3) is 4.31. The lowest BCUT2D eigenvalue weighted by Gasteiger charge is -2.21. The van der Waals surface area contributed by atoms with E-state index in [4.69, 9.17) is 14.2 Å². The first-order valence-corrected chi connectivity index (χ1v) is 3.93. The van der Waals surface area contributed by atoms with Gasteiger partial charge >= 0.3 is 5.97 Å². The highest BCUT2D eigenvalue weighted by molar-refractivity contribution is 5.66. The van der Waals surface area contributed by atoms with Gasteiger partial charge in [0.25, 0.3) is 0 Å². The number of hydrogen-bond acceptors (Lipinski definition) is 4. The van der Waals surface area contributed by atoms with Crippen molar-refractivity contribution in [2.75, 3.05) is 13.7 Å². The minimum Gasteiger partial charge on any atom is -0.457 e. The molecule has 0 N–H and O–H groups in total. The van der Waals surface area contributed by atoms with Gasteiger partial charge in [0, 0.05) is 20.6 Å². The molecule has 0 rings (SSSR count). The summed E-state index contributed by atoms with van der Waals surface area (Å²) in [6, 6.07) is 0. The van der Waals surface area contributed by atoms with Gasteiger partial charge in [0.15, 0.2) is 6.29 Å². The van der Waals surface area contributed by atoms with Gasteiger partial charge in [-0.15, -0.1) is 0 Å². The van der Waals surface area contributed by atoms with E-state index in [0.717, 1.165) is 0 Å². The predicted octanol–water partition coefficient (Wildman–Crippen LogP) is 0.947. The smallest absolute Gasteiger partial charge is 0.303 e. The van der Waals surface area contributed by atoms with Crippen molar-refractivity contribution in [2.45, 2.75) is 33.2 Å². The van der Waals surface area contributed by atoms with Gasteiger partial charge in [-0.3, -0.25) is 4.79 Å². The molecular weight excluding hydrogens is 160 g/mol.